The van der Waals surface area contributed by atoms with Gasteiger partial charge < -0.3 is 10.2 Å². The number of hydrogen-bond acceptors (Lipinski definition) is 7. The van der Waals surface area contributed by atoms with Crippen molar-refractivity contribution in [3.05, 3.63) is 55.6 Å². The van der Waals surface area contributed by atoms with E-state index in [1.54, 1.807) is 0 Å². The van der Waals surface area contributed by atoms with E-state index in [1.165, 1.54) is 0 Å². The number of carbonyl (C=O) groups excluding carboxylic acids is 1. The molecule has 3 rings (SSSR count). The summed E-state index contributed by atoms with van der Waals surface area (Å²) in [5.74, 6) is -5.51. The Bertz CT molecular complexity index is 1420. The monoisotopic (exact) mass is 538 g/mol. The standard InChI is InChI=1S/C18H11ClF4N4O7S/c1-25-10(18(21,22)23)4-11(28)27(17(25)34)9-3-8(6(19)2-7(9)20)24-16-26(5-12(29)30)14(31)13(35-16)15(32)33/h2-4,13H,5H2,1H3,(H,29,30)(H,32,33). The maximum atomic E-state index is 14.6. The SMILES string of the molecule is Cn1c(C(F)(F)F)cc(=O)n(-c2cc(N=C3SC(C(=O)O)C(=O)N3CC(=O)O)c(Cl)cc2F)c1=O. The molecule has 0 spiro atoms. The molecule has 0 radical (unpaired) electrons. The summed E-state index contributed by atoms with van der Waals surface area (Å²) < 4.78 is 54.1. The lowest BCUT2D eigenvalue weighted by molar-refractivity contribution is -0.145. The van der Waals surface area contributed by atoms with Crippen LogP contribution in [0.5, 0.6) is 0 Å². The number of aliphatic imine (C=N–C) groups is 1. The number of benzene rings is 1. The van der Waals surface area contributed by atoms with Gasteiger partial charge in [-0.25, -0.2) is 18.7 Å². The quantitative estimate of drug-likeness (QED) is 0.429. The molecule has 1 aromatic carbocycles. The number of amidine groups is 1. The second kappa shape index (κ2) is 9.18. The lowest BCUT2D eigenvalue weighted by Crippen LogP contribution is -2.41. The Balaban J connectivity index is 2.21. The number of halogens is 5. The number of aromatic nitrogens is 2. The molecule has 0 saturated carbocycles. The van der Waals surface area contributed by atoms with Crippen molar-refractivity contribution in [3.8, 4) is 5.69 Å². The molecule has 0 bridgehead atoms. The zero-order valence-corrected chi connectivity index (χ0v) is 18.6. The van der Waals surface area contributed by atoms with Crippen molar-refractivity contribution >= 4 is 52.1 Å². The van der Waals surface area contributed by atoms with Crippen LogP contribution in [-0.4, -0.2) is 59.1 Å². The van der Waals surface area contributed by atoms with Crippen LogP contribution in [0, 0.1) is 5.82 Å². The van der Waals surface area contributed by atoms with Gasteiger partial charge in [0, 0.05) is 13.1 Å². The fourth-order valence-corrected chi connectivity index (χ4v) is 4.15. The number of hydrogen-bond donors (Lipinski definition) is 2. The maximum absolute atomic E-state index is 14.6. The van der Waals surface area contributed by atoms with Gasteiger partial charge in [0.15, 0.2) is 10.4 Å². The largest absolute Gasteiger partial charge is 0.480 e. The summed E-state index contributed by atoms with van der Waals surface area (Å²) in [5, 5.41) is 15.5. The summed E-state index contributed by atoms with van der Waals surface area (Å²) in [6, 6.07) is 1.37. The minimum atomic E-state index is -5.05. The molecule has 1 fully saturated rings. The van der Waals surface area contributed by atoms with Crippen molar-refractivity contribution in [2.24, 2.45) is 12.0 Å². The summed E-state index contributed by atoms with van der Waals surface area (Å²) in [6.45, 7) is -0.973. The van der Waals surface area contributed by atoms with Gasteiger partial charge in [0.1, 0.15) is 18.1 Å². The third-order valence-electron chi connectivity index (χ3n) is 4.55. The topological polar surface area (TPSA) is 151 Å². The molecule has 2 aromatic rings. The molecule has 2 heterocycles. The van der Waals surface area contributed by atoms with Crippen LogP contribution in [0.15, 0.2) is 32.8 Å². The molecule has 0 aliphatic carbocycles. The molecule has 1 saturated heterocycles. The third kappa shape index (κ3) is 4.93. The highest BCUT2D eigenvalue weighted by Crippen LogP contribution is 2.34. The van der Waals surface area contributed by atoms with E-state index in [1.807, 2.05) is 0 Å². The molecular formula is C18H11ClF4N4O7S. The van der Waals surface area contributed by atoms with Gasteiger partial charge in [0.05, 0.1) is 16.4 Å². The van der Waals surface area contributed by atoms with Crippen LogP contribution >= 0.6 is 23.4 Å². The summed E-state index contributed by atoms with van der Waals surface area (Å²) in [5.41, 5.74) is -5.93. The lowest BCUT2D eigenvalue weighted by atomic mass is 10.2. The van der Waals surface area contributed by atoms with E-state index in [2.05, 4.69) is 4.99 Å². The van der Waals surface area contributed by atoms with Gasteiger partial charge in [0.25, 0.3) is 11.5 Å². The number of nitrogens with zero attached hydrogens (tertiary/aromatic N) is 4. The summed E-state index contributed by atoms with van der Waals surface area (Å²) in [7, 11) is 0.715. The predicted molar refractivity (Wildman–Crippen MR) is 113 cm³/mol. The number of carbonyl (C=O) groups is 3. The predicted octanol–water partition coefficient (Wildman–Crippen LogP) is 1.45. The van der Waals surface area contributed by atoms with Gasteiger partial charge in [-0.2, -0.15) is 13.2 Å². The first-order chi connectivity index (χ1) is 16.1. The molecule has 1 aliphatic rings. The number of alkyl halides is 3. The molecular weight excluding hydrogens is 528 g/mol. The second-order valence-electron chi connectivity index (χ2n) is 6.85. The van der Waals surface area contributed by atoms with Crippen molar-refractivity contribution in [3.63, 3.8) is 0 Å². The zero-order valence-electron chi connectivity index (χ0n) is 17.0. The Morgan fingerprint density at radius 1 is 1.17 bits per heavy atom. The number of rotatable bonds is 5. The van der Waals surface area contributed by atoms with Gasteiger partial charge in [-0.3, -0.25) is 28.6 Å². The van der Waals surface area contributed by atoms with Crippen LogP contribution in [0.4, 0.5) is 23.2 Å². The average Bonchev–Trinajstić information content (AvgIpc) is 3.02. The first kappa shape index (κ1) is 26.0. The van der Waals surface area contributed by atoms with Crippen LogP contribution in [0.1, 0.15) is 5.69 Å². The number of aliphatic carboxylic acids is 2. The summed E-state index contributed by atoms with van der Waals surface area (Å²) >= 11 is 6.29. The number of carboxylic acid groups (broad SMARTS) is 2. The Kier molecular flexibility index (Phi) is 6.81. The second-order valence-corrected chi connectivity index (χ2v) is 8.33. The van der Waals surface area contributed by atoms with Crippen LogP contribution in [0.2, 0.25) is 5.02 Å². The van der Waals surface area contributed by atoms with E-state index in [4.69, 9.17) is 21.8 Å². The lowest BCUT2D eigenvalue weighted by Gasteiger charge is -2.15. The molecule has 2 N–H and O–H groups in total. The van der Waals surface area contributed by atoms with Crippen molar-refractivity contribution < 1.29 is 42.2 Å². The minimum absolute atomic E-state index is 0.0819. The molecule has 17 heteroatoms. The smallest absolute Gasteiger partial charge is 0.431 e. The average molecular weight is 539 g/mol. The van der Waals surface area contributed by atoms with Crippen LogP contribution in [0.3, 0.4) is 0 Å². The van der Waals surface area contributed by atoms with Crippen molar-refractivity contribution in [1.82, 2.24) is 14.0 Å². The van der Waals surface area contributed by atoms with Crippen molar-refractivity contribution in [2.75, 3.05) is 6.54 Å². The minimum Gasteiger partial charge on any atom is -0.480 e. The first-order valence-electron chi connectivity index (χ1n) is 9.04. The maximum Gasteiger partial charge on any atom is 0.431 e. The Morgan fingerprint density at radius 2 is 1.80 bits per heavy atom. The fourth-order valence-electron chi connectivity index (χ4n) is 2.98. The van der Waals surface area contributed by atoms with E-state index in [9.17, 15) is 41.5 Å². The van der Waals surface area contributed by atoms with Gasteiger partial charge in [-0.1, -0.05) is 23.4 Å². The van der Waals surface area contributed by atoms with Crippen LogP contribution in [-0.2, 0) is 27.6 Å². The van der Waals surface area contributed by atoms with Gasteiger partial charge >= 0.3 is 23.8 Å². The van der Waals surface area contributed by atoms with Crippen LogP contribution < -0.4 is 11.2 Å². The van der Waals surface area contributed by atoms with E-state index in [0.717, 1.165) is 0 Å². The Labute approximate surface area is 199 Å². The molecule has 186 valence electrons. The summed E-state index contributed by atoms with van der Waals surface area (Å²) in [4.78, 5) is 63.9. The number of amides is 1. The zero-order chi connectivity index (χ0) is 26.4. The number of thioether (sulfide) groups is 1. The van der Waals surface area contributed by atoms with E-state index in [0.29, 0.717) is 35.8 Å². The Hall–Kier alpha value is -3.66. The van der Waals surface area contributed by atoms with E-state index >= 15 is 0 Å². The van der Waals surface area contributed by atoms with Gasteiger partial charge in [-0.05, 0) is 12.1 Å². The van der Waals surface area contributed by atoms with E-state index in [-0.39, 0.29) is 15.2 Å². The molecule has 1 aromatic heterocycles. The third-order valence-corrected chi connectivity index (χ3v) is 6.01. The summed E-state index contributed by atoms with van der Waals surface area (Å²) in [6.07, 6.45) is -5.05. The molecule has 35 heavy (non-hydrogen) atoms. The van der Waals surface area contributed by atoms with Gasteiger partial charge in [-0.15, -0.1) is 0 Å². The van der Waals surface area contributed by atoms with Crippen LogP contribution in [0.25, 0.3) is 5.69 Å². The first-order valence-corrected chi connectivity index (χ1v) is 10.3. The molecule has 1 unspecified atom stereocenters. The van der Waals surface area contributed by atoms with Crippen molar-refractivity contribution in [1.29, 1.82) is 0 Å². The highest BCUT2D eigenvalue weighted by atomic mass is 35.5. The molecule has 1 atom stereocenters. The highest BCUT2D eigenvalue weighted by molar-refractivity contribution is 8.16. The van der Waals surface area contributed by atoms with Crippen molar-refractivity contribution in [2.45, 2.75) is 11.4 Å². The number of carboxylic acids is 2. The fraction of sp³-hybridized carbons (Fsp3) is 0.222. The molecule has 1 amide bonds. The molecule has 1 aliphatic heterocycles. The Morgan fingerprint density at radius 3 is 2.34 bits per heavy atom. The van der Waals surface area contributed by atoms with Gasteiger partial charge in [0.2, 0.25) is 0 Å². The normalized spacial score (nSPS) is 17.3. The van der Waals surface area contributed by atoms with E-state index < -0.39 is 80.1 Å². The molecule has 11 nitrogen and oxygen atoms in total. The highest BCUT2D eigenvalue weighted by Gasteiger charge is 2.43.